The van der Waals surface area contributed by atoms with Crippen molar-refractivity contribution in [3.05, 3.63) is 35.5 Å². The van der Waals surface area contributed by atoms with Gasteiger partial charge in [0.05, 0.1) is 26.2 Å². The number of thioether (sulfide) groups is 1. The van der Waals surface area contributed by atoms with Gasteiger partial charge in [-0.25, -0.2) is 4.68 Å². The Labute approximate surface area is 162 Å². The van der Waals surface area contributed by atoms with Crippen LogP contribution in [0, 0.1) is 5.92 Å². The minimum absolute atomic E-state index is 0.195. The molecule has 8 heteroatoms. The third-order valence-corrected chi connectivity index (χ3v) is 5.63. The van der Waals surface area contributed by atoms with Crippen LogP contribution in [0.3, 0.4) is 0 Å². The third-order valence-electron chi connectivity index (χ3n) is 4.91. The Morgan fingerprint density at radius 3 is 2.93 bits per heavy atom. The van der Waals surface area contributed by atoms with Gasteiger partial charge in [0.2, 0.25) is 11.1 Å². The van der Waals surface area contributed by atoms with Gasteiger partial charge in [0.25, 0.3) is 0 Å². The molecule has 2 aromatic rings. The maximum atomic E-state index is 12.9. The molecule has 0 fully saturated rings. The molecule has 0 bridgehead atoms. The fourth-order valence-corrected chi connectivity index (χ4v) is 4.28. The van der Waals surface area contributed by atoms with Crippen LogP contribution < -0.4 is 14.8 Å². The Hall–Kier alpha value is -2.48. The average Bonchev–Trinajstić information content (AvgIpc) is 3.08. The summed E-state index contributed by atoms with van der Waals surface area (Å²) in [5.41, 5.74) is 1.76. The van der Waals surface area contributed by atoms with Crippen LogP contribution in [0.25, 0.3) is 0 Å². The van der Waals surface area contributed by atoms with Crippen molar-refractivity contribution in [1.82, 2.24) is 14.8 Å². The van der Waals surface area contributed by atoms with Gasteiger partial charge in [-0.2, -0.15) is 4.98 Å². The van der Waals surface area contributed by atoms with E-state index in [0.29, 0.717) is 29.0 Å². The molecule has 0 saturated heterocycles. The summed E-state index contributed by atoms with van der Waals surface area (Å²) >= 11 is 1.57. The molecule has 27 heavy (non-hydrogen) atoms. The zero-order valence-electron chi connectivity index (χ0n) is 15.6. The predicted octanol–water partition coefficient (Wildman–Crippen LogP) is 3.29. The topological polar surface area (TPSA) is 78.3 Å². The van der Waals surface area contributed by atoms with Crippen molar-refractivity contribution in [2.24, 2.45) is 5.92 Å². The lowest BCUT2D eigenvalue weighted by atomic mass is 9.80. The van der Waals surface area contributed by atoms with Crippen LogP contribution in [0.5, 0.6) is 11.5 Å². The first-order valence-electron chi connectivity index (χ1n) is 8.97. The van der Waals surface area contributed by atoms with Gasteiger partial charge in [-0.1, -0.05) is 24.8 Å². The first-order valence-corrected chi connectivity index (χ1v) is 9.95. The van der Waals surface area contributed by atoms with Crippen molar-refractivity contribution < 1.29 is 14.3 Å². The first kappa shape index (κ1) is 17.9. The third kappa shape index (κ3) is 3.07. The number of ether oxygens (including phenoxy) is 2. The van der Waals surface area contributed by atoms with E-state index in [0.717, 1.165) is 23.4 Å². The number of Topliss-reactive ketones (excluding diaryl/α,β-unsaturated/α-hetero) is 1. The molecule has 4 rings (SSSR count). The summed E-state index contributed by atoms with van der Waals surface area (Å²) in [4.78, 5) is 17.5. The van der Waals surface area contributed by atoms with Gasteiger partial charge in [0.1, 0.15) is 17.3 Å². The lowest BCUT2D eigenvalue weighted by Crippen LogP contribution is -2.39. The second kappa shape index (κ2) is 7.26. The number of aromatic nitrogens is 3. The van der Waals surface area contributed by atoms with Gasteiger partial charge >= 0.3 is 0 Å². The van der Waals surface area contributed by atoms with Gasteiger partial charge in [-0.3, -0.25) is 4.79 Å². The van der Waals surface area contributed by atoms with Crippen LogP contribution >= 0.6 is 11.8 Å². The minimum Gasteiger partial charge on any atom is -0.497 e. The van der Waals surface area contributed by atoms with E-state index in [1.54, 1.807) is 26.0 Å². The zero-order valence-corrected chi connectivity index (χ0v) is 16.4. The molecule has 2 atom stereocenters. The van der Waals surface area contributed by atoms with Gasteiger partial charge in [0.15, 0.2) is 0 Å². The Morgan fingerprint density at radius 1 is 1.33 bits per heavy atom. The molecule has 0 radical (unpaired) electrons. The van der Waals surface area contributed by atoms with E-state index in [1.165, 1.54) is 0 Å². The van der Waals surface area contributed by atoms with Crippen LogP contribution in [0.4, 0.5) is 5.95 Å². The van der Waals surface area contributed by atoms with Crippen molar-refractivity contribution in [3.8, 4) is 11.5 Å². The number of ketones is 1. The van der Waals surface area contributed by atoms with Crippen LogP contribution in [-0.4, -0.2) is 40.5 Å². The number of hydrogen-bond donors (Lipinski definition) is 1. The predicted molar refractivity (Wildman–Crippen MR) is 104 cm³/mol. The van der Waals surface area contributed by atoms with E-state index < -0.39 is 0 Å². The van der Waals surface area contributed by atoms with E-state index in [9.17, 15) is 4.79 Å². The van der Waals surface area contributed by atoms with Crippen molar-refractivity contribution >= 4 is 23.5 Å². The Bertz CT molecular complexity index is 908. The number of carbonyl (C=O) groups excluding carboxylic acids is 1. The van der Waals surface area contributed by atoms with Crippen molar-refractivity contribution in [3.63, 3.8) is 0 Å². The summed E-state index contributed by atoms with van der Waals surface area (Å²) in [6.45, 7) is 2.06. The molecule has 2 heterocycles. The van der Waals surface area contributed by atoms with Crippen molar-refractivity contribution in [2.45, 2.75) is 31.0 Å². The van der Waals surface area contributed by atoms with E-state index in [1.807, 2.05) is 22.9 Å². The molecular weight excluding hydrogens is 364 g/mol. The molecule has 1 aliphatic carbocycles. The van der Waals surface area contributed by atoms with Gasteiger partial charge < -0.3 is 14.8 Å². The quantitative estimate of drug-likeness (QED) is 0.790. The van der Waals surface area contributed by atoms with E-state index in [-0.39, 0.29) is 17.7 Å². The molecule has 1 N–H and O–H groups in total. The number of hydrogen-bond acceptors (Lipinski definition) is 7. The molecule has 2 aliphatic rings. The summed E-state index contributed by atoms with van der Waals surface area (Å²) in [5.74, 6) is 2.79. The number of fused-ring (bicyclic) bond motifs is 2. The number of rotatable bonds is 5. The van der Waals surface area contributed by atoms with Crippen LogP contribution in [0.1, 0.15) is 31.4 Å². The van der Waals surface area contributed by atoms with E-state index >= 15 is 0 Å². The second-order valence-electron chi connectivity index (χ2n) is 6.42. The normalized spacial score (nSPS) is 21.0. The fraction of sp³-hybridized carbons (Fsp3) is 0.421. The van der Waals surface area contributed by atoms with Crippen molar-refractivity contribution in [2.75, 3.05) is 25.3 Å². The average molecular weight is 386 g/mol. The van der Waals surface area contributed by atoms with Gasteiger partial charge in [-0.15, -0.1) is 5.10 Å². The highest BCUT2D eigenvalue weighted by Gasteiger charge is 2.42. The molecule has 1 aromatic carbocycles. The smallest absolute Gasteiger partial charge is 0.227 e. The lowest BCUT2D eigenvalue weighted by Gasteiger charge is -2.36. The van der Waals surface area contributed by atoms with Gasteiger partial charge in [-0.05, 0) is 30.4 Å². The molecule has 0 saturated carbocycles. The lowest BCUT2D eigenvalue weighted by molar-refractivity contribution is -0.123. The number of allylic oxidation sites excluding steroid dienone is 2. The fourth-order valence-electron chi connectivity index (χ4n) is 3.73. The van der Waals surface area contributed by atoms with Crippen molar-refractivity contribution in [1.29, 1.82) is 0 Å². The Morgan fingerprint density at radius 2 is 2.19 bits per heavy atom. The highest BCUT2D eigenvalue weighted by Crippen LogP contribution is 2.45. The molecule has 0 spiro atoms. The maximum absolute atomic E-state index is 12.9. The highest BCUT2D eigenvalue weighted by molar-refractivity contribution is 7.99. The van der Waals surface area contributed by atoms with Crippen LogP contribution in [0.2, 0.25) is 0 Å². The summed E-state index contributed by atoms with van der Waals surface area (Å²) in [5, 5.41) is 8.70. The highest BCUT2D eigenvalue weighted by atomic mass is 32.2. The molecule has 1 aromatic heterocycles. The Kier molecular flexibility index (Phi) is 4.82. The molecule has 0 unspecified atom stereocenters. The summed E-state index contributed by atoms with van der Waals surface area (Å²) in [6.07, 6.45) is 3.36. The van der Waals surface area contributed by atoms with Crippen LogP contribution in [0.15, 0.2) is 35.1 Å². The SMILES string of the molecule is CCSc1nc2n(n1)[C@H](c1cc(OC)ccc1OC)[C@H]1C(=O)CCC=C1N2. The molecule has 1 aliphatic heterocycles. The maximum Gasteiger partial charge on any atom is 0.227 e. The number of methoxy groups -OCH3 is 2. The van der Waals surface area contributed by atoms with Crippen LogP contribution in [-0.2, 0) is 4.79 Å². The minimum atomic E-state index is -0.339. The number of nitrogens with zero attached hydrogens (tertiary/aromatic N) is 3. The van der Waals surface area contributed by atoms with Gasteiger partial charge in [0, 0.05) is 17.7 Å². The second-order valence-corrected chi connectivity index (χ2v) is 7.65. The zero-order chi connectivity index (χ0) is 19.0. The molecule has 142 valence electrons. The number of nitrogens with one attached hydrogen (secondary N) is 1. The largest absolute Gasteiger partial charge is 0.497 e. The number of carbonyl (C=O) groups is 1. The summed E-state index contributed by atoms with van der Waals surface area (Å²) in [7, 11) is 3.26. The molecular formula is C19H22N4O3S. The first-order chi connectivity index (χ1) is 13.2. The van der Waals surface area contributed by atoms with E-state index in [4.69, 9.17) is 9.47 Å². The summed E-state index contributed by atoms with van der Waals surface area (Å²) in [6, 6.07) is 5.31. The molecule has 7 nitrogen and oxygen atoms in total. The monoisotopic (exact) mass is 386 g/mol. The number of benzene rings is 1. The summed E-state index contributed by atoms with van der Waals surface area (Å²) < 4.78 is 12.8. The standard InChI is InChI=1S/C19H22N4O3S/c1-4-27-19-21-18-20-13-6-5-7-14(24)16(13)17(23(18)22-19)12-10-11(25-2)8-9-15(12)26-3/h6,8-10,16-17H,4-5,7H2,1-3H3,(H,20,21,22)/t16-,17-/m1/s1. The Balaban J connectivity index is 1.92. The number of anilines is 1. The molecule has 0 amide bonds. The van der Waals surface area contributed by atoms with E-state index in [2.05, 4.69) is 28.4 Å².